The van der Waals surface area contributed by atoms with Crippen molar-refractivity contribution in [3.05, 3.63) is 0 Å². The molecule has 63 heavy (non-hydrogen) atoms. The van der Waals surface area contributed by atoms with Crippen molar-refractivity contribution in [3.63, 3.8) is 0 Å². The molecule has 0 bridgehead atoms. The molecule has 1 fully saturated rings. The molecule has 0 aromatic rings. The van der Waals surface area contributed by atoms with Gasteiger partial charge in [0.15, 0.2) is 0 Å². The summed E-state index contributed by atoms with van der Waals surface area (Å²) in [7, 11) is 0. The Morgan fingerprint density at radius 1 is 0.444 bits per heavy atom. The minimum atomic E-state index is -0.0155. The third-order valence-electron chi connectivity index (χ3n) is 14.3. The molecule has 0 unspecified atom stereocenters. The first-order valence-electron chi connectivity index (χ1n) is 28.4. The fourth-order valence-corrected chi connectivity index (χ4v) is 9.77. The van der Waals surface area contributed by atoms with Crippen LogP contribution in [0.15, 0.2) is 0 Å². The number of aliphatic hydroxyl groups excluding tert-OH is 1. The summed E-state index contributed by atoms with van der Waals surface area (Å²) >= 11 is 0. The van der Waals surface area contributed by atoms with Crippen LogP contribution in [0.2, 0.25) is 0 Å². The van der Waals surface area contributed by atoms with E-state index < -0.39 is 0 Å². The molecule has 0 spiro atoms. The van der Waals surface area contributed by atoms with Crippen LogP contribution in [0.4, 0.5) is 0 Å². The molecule has 7 heteroatoms. The van der Waals surface area contributed by atoms with E-state index in [-0.39, 0.29) is 18.5 Å². The summed E-state index contributed by atoms with van der Waals surface area (Å²) in [6, 6.07) is 0.637. The molecule has 0 atom stereocenters. The Kier molecular flexibility index (Phi) is 43.6. The Bertz CT molecular complexity index is 889. The van der Waals surface area contributed by atoms with Gasteiger partial charge >= 0.3 is 11.9 Å². The van der Waals surface area contributed by atoms with E-state index in [0.29, 0.717) is 32.1 Å². The number of nitrogens with zero attached hydrogens (tertiary/aromatic N) is 2. The maximum atomic E-state index is 12.5. The minimum Gasteiger partial charge on any atom is -0.466 e. The van der Waals surface area contributed by atoms with E-state index in [1.54, 1.807) is 0 Å². The second-order valence-electron chi connectivity index (χ2n) is 20.1. The van der Waals surface area contributed by atoms with Crippen LogP contribution in [-0.4, -0.2) is 85.4 Å². The molecule has 0 aromatic heterocycles. The van der Waals surface area contributed by atoms with E-state index in [2.05, 4.69) is 37.5 Å². The van der Waals surface area contributed by atoms with Crippen LogP contribution in [0, 0.1) is 11.8 Å². The third kappa shape index (κ3) is 37.6. The van der Waals surface area contributed by atoms with Crippen LogP contribution in [-0.2, 0) is 19.1 Å². The van der Waals surface area contributed by atoms with Crippen LogP contribution in [0.5, 0.6) is 0 Å². The van der Waals surface area contributed by atoms with Crippen molar-refractivity contribution in [1.82, 2.24) is 9.80 Å². The highest BCUT2D eigenvalue weighted by Gasteiger charge is 2.24. The maximum absolute atomic E-state index is 12.5. The van der Waals surface area contributed by atoms with E-state index in [1.807, 2.05) is 0 Å². The van der Waals surface area contributed by atoms with Crippen molar-refractivity contribution in [2.24, 2.45) is 11.8 Å². The normalized spacial score (nSPS) is 13.2. The lowest BCUT2D eigenvalue weighted by Crippen LogP contribution is -2.45. The number of unbranched alkanes of at least 4 members (excludes halogenated alkanes) is 20. The van der Waals surface area contributed by atoms with E-state index in [4.69, 9.17) is 9.47 Å². The Hall–Kier alpha value is -1.18. The molecule has 1 N–H and O–H groups in total. The quantitative estimate of drug-likeness (QED) is 0.0481. The molecule has 0 radical (unpaired) electrons. The number of hydrogen-bond donors (Lipinski definition) is 1. The Labute approximate surface area is 393 Å². The summed E-state index contributed by atoms with van der Waals surface area (Å²) in [6.07, 6.45) is 47.9. The molecule has 1 rings (SSSR count). The summed E-state index contributed by atoms with van der Waals surface area (Å²) < 4.78 is 11.3. The lowest BCUT2D eigenvalue weighted by atomic mass is 9.89. The largest absolute Gasteiger partial charge is 0.466 e. The molecule has 374 valence electrons. The van der Waals surface area contributed by atoms with Crippen molar-refractivity contribution >= 4 is 11.9 Å². The Morgan fingerprint density at radius 2 is 0.810 bits per heavy atom. The van der Waals surface area contributed by atoms with Gasteiger partial charge in [0.25, 0.3) is 0 Å². The second-order valence-corrected chi connectivity index (χ2v) is 20.1. The fraction of sp³-hybridized carbons (Fsp3) is 0.964. The summed E-state index contributed by atoms with van der Waals surface area (Å²) in [5.41, 5.74) is 0. The second kappa shape index (κ2) is 46.0. The smallest absolute Gasteiger partial charge is 0.305 e. The Balaban J connectivity index is 2.29. The van der Waals surface area contributed by atoms with Crippen LogP contribution in [0.25, 0.3) is 0 Å². The molecule has 0 amide bonds. The molecule has 7 nitrogen and oxygen atoms in total. The van der Waals surface area contributed by atoms with Gasteiger partial charge in [-0.1, -0.05) is 201 Å². The zero-order valence-corrected chi connectivity index (χ0v) is 42.9. The SMILES string of the molecule is CCCCCCC(CCCCCC)CCCCCC(=O)OCCCCCN(CCCCCOC(=O)CCCCCC(CCCCCC)CCCCCC)CCN(CCO)C1CCC1. The number of carbonyl (C=O) groups is 2. The highest BCUT2D eigenvalue weighted by Crippen LogP contribution is 2.27. The number of esters is 2. The lowest BCUT2D eigenvalue weighted by Gasteiger charge is -2.38. The van der Waals surface area contributed by atoms with E-state index in [0.717, 1.165) is 109 Å². The van der Waals surface area contributed by atoms with Crippen molar-refractivity contribution < 1.29 is 24.2 Å². The Morgan fingerprint density at radius 3 is 1.14 bits per heavy atom. The first-order chi connectivity index (χ1) is 31.0. The van der Waals surface area contributed by atoms with E-state index in [9.17, 15) is 14.7 Å². The van der Waals surface area contributed by atoms with E-state index in [1.165, 1.54) is 173 Å². The molecular weight excluding hydrogens is 781 g/mol. The monoisotopic (exact) mass is 891 g/mol. The number of ether oxygens (including phenoxy) is 2. The molecule has 1 aliphatic rings. The van der Waals surface area contributed by atoms with Gasteiger partial charge < -0.3 is 19.5 Å². The molecule has 0 heterocycles. The molecule has 0 aromatic carbocycles. The summed E-state index contributed by atoms with van der Waals surface area (Å²) in [6.45, 7) is 15.4. The molecule has 0 aliphatic heterocycles. The van der Waals surface area contributed by atoms with Gasteiger partial charge in [0.1, 0.15) is 0 Å². The van der Waals surface area contributed by atoms with Crippen molar-refractivity contribution in [3.8, 4) is 0 Å². The number of rotatable bonds is 50. The van der Waals surface area contributed by atoms with Gasteiger partial charge in [0, 0.05) is 38.5 Å². The van der Waals surface area contributed by atoms with Gasteiger partial charge in [-0.15, -0.1) is 0 Å². The topological polar surface area (TPSA) is 79.3 Å². The first kappa shape index (κ1) is 59.8. The summed E-state index contributed by atoms with van der Waals surface area (Å²) in [5.74, 6) is 1.72. The number of carbonyl (C=O) groups excluding carboxylic acids is 2. The first-order valence-corrected chi connectivity index (χ1v) is 28.4. The van der Waals surface area contributed by atoms with Crippen LogP contribution in [0.3, 0.4) is 0 Å². The molecule has 0 saturated heterocycles. The number of aliphatic hydroxyl groups is 1. The highest BCUT2D eigenvalue weighted by atomic mass is 16.5. The molecule has 1 aliphatic carbocycles. The highest BCUT2D eigenvalue weighted by molar-refractivity contribution is 5.69. The van der Waals surface area contributed by atoms with Crippen LogP contribution >= 0.6 is 0 Å². The van der Waals surface area contributed by atoms with Gasteiger partial charge in [-0.2, -0.15) is 0 Å². The predicted octanol–water partition coefficient (Wildman–Crippen LogP) is 15.6. The van der Waals surface area contributed by atoms with Crippen molar-refractivity contribution in [2.75, 3.05) is 52.5 Å². The van der Waals surface area contributed by atoms with Gasteiger partial charge in [0.2, 0.25) is 0 Å². The van der Waals surface area contributed by atoms with Crippen molar-refractivity contribution in [1.29, 1.82) is 0 Å². The summed E-state index contributed by atoms with van der Waals surface area (Å²) in [5, 5.41) is 9.71. The third-order valence-corrected chi connectivity index (χ3v) is 14.3. The van der Waals surface area contributed by atoms with Gasteiger partial charge in [-0.05, 0) is 89.1 Å². The molecule has 1 saturated carbocycles. The van der Waals surface area contributed by atoms with Gasteiger partial charge in [-0.25, -0.2) is 0 Å². The molecular formula is C56H110N2O5. The summed E-state index contributed by atoms with van der Waals surface area (Å²) in [4.78, 5) is 30.1. The van der Waals surface area contributed by atoms with Crippen LogP contribution < -0.4 is 0 Å². The van der Waals surface area contributed by atoms with E-state index >= 15 is 0 Å². The van der Waals surface area contributed by atoms with Crippen molar-refractivity contribution in [2.45, 2.75) is 284 Å². The average molecular weight is 892 g/mol. The zero-order chi connectivity index (χ0) is 45.7. The lowest BCUT2D eigenvalue weighted by molar-refractivity contribution is -0.144. The van der Waals surface area contributed by atoms with Gasteiger partial charge in [-0.3, -0.25) is 14.5 Å². The zero-order valence-electron chi connectivity index (χ0n) is 42.9. The predicted molar refractivity (Wildman–Crippen MR) is 271 cm³/mol. The van der Waals surface area contributed by atoms with Crippen LogP contribution in [0.1, 0.15) is 278 Å². The minimum absolute atomic E-state index is 0.0155. The maximum Gasteiger partial charge on any atom is 0.305 e. The standard InChI is InChI=1S/C56H110N2O5/c1-5-9-13-21-34-52(35-22-14-10-6-2)38-25-17-27-42-55(60)62-50-31-19-29-44-57(46-47-58(48-49-59)54-40-33-41-54)45-30-20-32-51-63-56(61)43-28-18-26-39-53(36-23-15-11-7-3)37-24-16-12-8-4/h52-54,59H,5-51H2,1-4H3. The average Bonchev–Trinajstić information content (AvgIpc) is 3.26. The van der Waals surface area contributed by atoms with Gasteiger partial charge in [0.05, 0.1) is 19.8 Å². The number of hydrogen-bond acceptors (Lipinski definition) is 7. The fourth-order valence-electron chi connectivity index (χ4n) is 9.77.